The van der Waals surface area contributed by atoms with E-state index in [1.165, 1.54) is 11.1 Å². The first kappa shape index (κ1) is 17.4. The standard InChI is InChI=1S/C20H26N4O/c1-4-23-9-11-24(12-10-23)20(25)19-8-7-18(14-21-19)22-17-6-5-15(2)16(3)13-17/h5-8,13-14,22H,4,9-12H2,1-3H3. The van der Waals surface area contributed by atoms with Gasteiger partial charge in [0.25, 0.3) is 5.91 Å². The Kier molecular flexibility index (Phi) is 5.34. The molecule has 5 heteroatoms. The molecule has 1 aliphatic rings. The van der Waals surface area contributed by atoms with E-state index in [2.05, 4.69) is 54.2 Å². The van der Waals surface area contributed by atoms with Crippen molar-refractivity contribution >= 4 is 17.3 Å². The van der Waals surface area contributed by atoms with Gasteiger partial charge >= 0.3 is 0 Å². The van der Waals surface area contributed by atoms with Gasteiger partial charge in [-0.15, -0.1) is 0 Å². The summed E-state index contributed by atoms with van der Waals surface area (Å²) in [7, 11) is 0. The predicted octanol–water partition coefficient (Wildman–Crippen LogP) is 3.22. The van der Waals surface area contributed by atoms with Crippen LogP contribution in [0.3, 0.4) is 0 Å². The molecule has 2 heterocycles. The minimum absolute atomic E-state index is 0.0217. The van der Waals surface area contributed by atoms with E-state index in [0.29, 0.717) is 5.69 Å². The molecule has 1 amide bonds. The zero-order chi connectivity index (χ0) is 17.8. The number of aryl methyl sites for hydroxylation is 2. The number of likely N-dealkylation sites (N-methyl/N-ethyl adjacent to an activating group) is 1. The van der Waals surface area contributed by atoms with E-state index in [1.807, 2.05) is 11.0 Å². The van der Waals surface area contributed by atoms with Gasteiger partial charge in [0.05, 0.1) is 11.9 Å². The average Bonchev–Trinajstić information content (AvgIpc) is 2.65. The summed E-state index contributed by atoms with van der Waals surface area (Å²) in [6.45, 7) is 10.8. The molecule has 5 nitrogen and oxygen atoms in total. The summed E-state index contributed by atoms with van der Waals surface area (Å²) < 4.78 is 0. The minimum atomic E-state index is 0.0217. The zero-order valence-corrected chi connectivity index (χ0v) is 15.2. The first-order valence-corrected chi connectivity index (χ1v) is 8.89. The van der Waals surface area contributed by atoms with E-state index in [0.717, 1.165) is 44.1 Å². The van der Waals surface area contributed by atoms with Crippen molar-refractivity contribution in [3.05, 3.63) is 53.3 Å². The number of pyridine rings is 1. The summed E-state index contributed by atoms with van der Waals surface area (Å²) in [6, 6.07) is 9.98. The Hall–Kier alpha value is -2.40. The van der Waals surface area contributed by atoms with Crippen LogP contribution in [-0.4, -0.2) is 53.4 Å². The van der Waals surface area contributed by atoms with Crippen molar-refractivity contribution in [2.45, 2.75) is 20.8 Å². The molecule has 0 aliphatic carbocycles. The molecule has 0 saturated carbocycles. The maximum atomic E-state index is 12.6. The van der Waals surface area contributed by atoms with E-state index in [4.69, 9.17) is 0 Å². The Bertz CT molecular complexity index is 734. The molecule has 1 saturated heterocycles. The number of amides is 1. The van der Waals surface area contributed by atoms with Crippen molar-refractivity contribution in [2.24, 2.45) is 0 Å². The van der Waals surface area contributed by atoms with Crippen LogP contribution < -0.4 is 5.32 Å². The van der Waals surface area contributed by atoms with Crippen LogP contribution in [0, 0.1) is 13.8 Å². The van der Waals surface area contributed by atoms with E-state index in [9.17, 15) is 4.79 Å². The van der Waals surface area contributed by atoms with Crippen LogP contribution in [0.5, 0.6) is 0 Å². The number of benzene rings is 1. The third-order valence-electron chi connectivity index (χ3n) is 4.88. The van der Waals surface area contributed by atoms with Crippen LogP contribution in [-0.2, 0) is 0 Å². The summed E-state index contributed by atoms with van der Waals surface area (Å²) in [6.07, 6.45) is 1.73. The molecule has 0 unspecified atom stereocenters. The summed E-state index contributed by atoms with van der Waals surface area (Å²) in [5.74, 6) is 0.0217. The Morgan fingerprint density at radius 3 is 2.36 bits per heavy atom. The van der Waals surface area contributed by atoms with Crippen molar-refractivity contribution in [2.75, 3.05) is 38.0 Å². The number of carbonyl (C=O) groups excluding carboxylic acids is 1. The fourth-order valence-corrected chi connectivity index (χ4v) is 3.01. The fourth-order valence-electron chi connectivity index (χ4n) is 3.01. The molecule has 132 valence electrons. The lowest BCUT2D eigenvalue weighted by Crippen LogP contribution is -2.48. The molecular formula is C20H26N4O. The van der Waals surface area contributed by atoms with E-state index in [-0.39, 0.29) is 5.91 Å². The summed E-state index contributed by atoms with van der Waals surface area (Å²) in [5, 5.41) is 3.34. The first-order chi connectivity index (χ1) is 12.1. The van der Waals surface area contributed by atoms with Gasteiger partial charge < -0.3 is 15.1 Å². The monoisotopic (exact) mass is 338 g/mol. The van der Waals surface area contributed by atoms with E-state index in [1.54, 1.807) is 12.3 Å². The van der Waals surface area contributed by atoms with Crippen LogP contribution in [0.1, 0.15) is 28.5 Å². The van der Waals surface area contributed by atoms with Gasteiger partial charge in [-0.1, -0.05) is 13.0 Å². The zero-order valence-electron chi connectivity index (χ0n) is 15.2. The highest BCUT2D eigenvalue weighted by Gasteiger charge is 2.21. The van der Waals surface area contributed by atoms with Crippen molar-refractivity contribution in [3.8, 4) is 0 Å². The molecule has 2 aromatic rings. The second-order valence-corrected chi connectivity index (χ2v) is 6.58. The normalized spacial score (nSPS) is 15.2. The Balaban J connectivity index is 1.63. The van der Waals surface area contributed by atoms with Crippen LogP contribution in [0.4, 0.5) is 11.4 Å². The first-order valence-electron chi connectivity index (χ1n) is 8.89. The van der Waals surface area contributed by atoms with Crippen LogP contribution in [0.2, 0.25) is 0 Å². The summed E-state index contributed by atoms with van der Waals surface area (Å²) >= 11 is 0. The maximum absolute atomic E-state index is 12.6. The largest absolute Gasteiger partial charge is 0.354 e. The molecule has 1 aliphatic heterocycles. The van der Waals surface area contributed by atoms with Crippen molar-refractivity contribution < 1.29 is 4.79 Å². The van der Waals surface area contributed by atoms with Gasteiger partial charge in [-0.2, -0.15) is 0 Å². The molecular weight excluding hydrogens is 312 g/mol. The van der Waals surface area contributed by atoms with Crippen molar-refractivity contribution in [3.63, 3.8) is 0 Å². The number of nitrogens with one attached hydrogen (secondary N) is 1. The molecule has 0 atom stereocenters. The molecule has 1 N–H and O–H groups in total. The number of nitrogens with zero attached hydrogens (tertiary/aromatic N) is 3. The minimum Gasteiger partial charge on any atom is -0.354 e. The molecule has 0 spiro atoms. The molecule has 25 heavy (non-hydrogen) atoms. The number of piperazine rings is 1. The number of anilines is 2. The third kappa shape index (κ3) is 4.17. The highest BCUT2D eigenvalue weighted by molar-refractivity contribution is 5.92. The lowest BCUT2D eigenvalue weighted by atomic mass is 10.1. The lowest BCUT2D eigenvalue weighted by Gasteiger charge is -2.33. The van der Waals surface area contributed by atoms with E-state index < -0.39 is 0 Å². The highest BCUT2D eigenvalue weighted by atomic mass is 16.2. The number of hydrogen-bond donors (Lipinski definition) is 1. The maximum Gasteiger partial charge on any atom is 0.272 e. The number of hydrogen-bond acceptors (Lipinski definition) is 4. The van der Waals surface area contributed by atoms with Gasteiger partial charge in [-0.25, -0.2) is 4.98 Å². The molecule has 3 rings (SSSR count). The topological polar surface area (TPSA) is 48.5 Å². The number of rotatable bonds is 4. The predicted molar refractivity (Wildman–Crippen MR) is 101 cm³/mol. The Morgan fingerprint density at radius 1 is 1.04 bits per heavy atom. The van der Waals surface area contributed by atoms with Gasteiger partial charge in [0, 0.05) is 31.9 Å². The smallest absolute Gasteiger partial charge is 0.272 e. The number of aromatic nitrogens is 1. The van der Waals surface area contributed by atoms with Crippen LogP contribution in [0.25, 0.3) is 0 Å². The van der Waals surface area contributed by atoms with Gasteiger partial charge in [-0.3, -0.25) is 4.79 Å². The van der Waals surface area contributed by atoms with Crippen LogP contribution >= 0.6 is 0 Å². The third-order valence-corrected chi connectivity index (χ3v) is 4.88. The average molecular weight is 338 g/mol. The molecule has 1 aromatic carbocycles. The van der Waals surface area contributed by atoms with Crippen molar-refractivity contribution in [1.29, 1.82) is 0 Å². The van der Waals surface area contributed by atoms with Gasteiger partial charge in [-0.05, 0) is 55.8 Å². The summed E-state index contributed by atoms with van der Waals surface area (Å²) in [5.41, 5.74) is 4.94. The van der Waals surface area contributed by atoms with Crippen molar-refractivity contribution in [1.82, 2.24) is 14.8 Å². The Labute approximate surface area is 149 Å². The second-order valence-electron chi connectivity index (χ2n) is 6.58. The van der Waals surface area contributed by atoms with Gasteiger partial charge in [0.1, 0.15) is 5.69 Å². The number of carbonyl (C=O) groups is 1. The van der Waals surface area contributed by atoms with Gasteiger partial charge in [0.2, 0.25) is 0 Å². The highest BCUT2D eigenvalue weighted by Crippen LogP contribution is 2.19. The second kappa shape index (κ2) is 7.66. The molecule has 0 bridgehead atoms. The van der Waals surface area contributed by atoms with Crippen LogP contribution in [0.15, 0.2) is 36.5 Å². The molecule has 0 radical (unpaired) electrons. The van der Waals surface area contributed by atoms with E-state index >= 15 is 0 Å². The lowest BCUT2D eigenvalue weighted by molar-refractivity contribution is 0.0637. The SMILES string of the molecule is CCN1CCN(C(=O)c2ccc(Nc3ccc(C)c(C)c3)cn2)CC1. The molecule has 1 fully saturated rings. The van der Waals surface area contributed by atoms with Gasteiger partial charge in [0.15, 0.2) is 0 Å². The summed E-state index contributed by atoms with van der Waals surface area (Å²) in [4.78, 5) is 21.2. The Morgan fingerprint density at radius 2 is 1.76 bits per heavy atom. The quantitative estimate of drug-likeness (QED) is 0.930. The fraction of sp³-hybridized carbons (Fsp3) is 0.400. The molecule has 1 aromatic heterocycles.